The minimum absolute atomic E-state index is 0. The third-order valence-corrected chi connectivity index (χ3v) is 3.63. The fraction of sp³-hybridized carbons (Fsp3) is 0.300. The van der Waals surface area contributed by atoms with Crippen LogP contribution in [0.15, 0.2) is 59.2 Å². The van der Waals surface area contributed by atoms with E-state index < -0.39 is 0 Å². The standard InChI is InChI=1S/C12H11.C8H11.2ClH.Zr/c1-10-7-8-12(9-10)11-5-3-2-4-6-11;1-6-4-7(2)8(3)5-6;;;/h2-6,9H,8H2,1H3;4,6H,1-3H3;2*1H;/q2*-1;;;+4/p-2. The van der Waals surface area contributed by atoms with Crippen LogP contribution in [0.3, 0.4) is 0 Å². The molecule has 0 bridgehead atoms. The van der Waals surface area contributed by atoms with Crippen molar-refractivity contribution in [2.24, 2.45) is 5.92 Å². The molecule has 0 fully saturated rings. The van der Waals surface area contributed by atoms with Crippen LogP contribution in [0.4, 0.5) is 0 Å². The van der Waals surface area contributed by atoms with Crippen LogP contribution in [0, 0.1) is 18.1 Å². The Bertz CT molecular complexity index is 577. The summed E-state index contributed by atoms with van der Waals surface area (Å²) in [6.45, 7) is 8.48. The summed E-state index contributed by atoms with van der Waals surface area (Å²) in [4.78, 5) is 0. The molecule has 0 saturated carbocycles. The Kier molecular flexibility index (Phi) is 13.1. The van der Waals surface area contributed by atoms with Gasteiger partial charge in [0.1, 0.15) is 0 Å². The Morgan fingerprint density at radius 1 is 1.00 bits per heavy atom. The number of allylic oxidation sites excluding steroid dienone is 8. The Labute approximate surface area is 172 Å². The van der Waals surface area contributed by atoms with Gasteiger partial charge in [-0.15, -0.1) is 18.9 Å². The van der Waals surface area contributed by atoms with Crippen molar-refractivity contribution < 1.29 is 51.0 Å². The van der Waals surface area contributed by atoms with Gasteiger partial charge in [0.15, 0.2) is 0 Å². The van der Waals surface area contributed by atoms with E-state index in [-0.39, 0.29) is 51.0 Å². The van der Waals surface area contributed by atoms with Crippen LogP contribution in [0.2, 0.25) is 0 Å². The number of halogens is 2. The van der Waals surface area contributed by atoms with Gasteiger partial charge in [-0.1, -0.05) is 57.0 Å². The fourth-order valence-electron chi connectivity index (χ4n) is 2.43. The van der Waals surface area contributed by atoms with E-state index >= 15 is 0 Å². The van der Waals surface area contributed by atoms with Crippen LogP contribution in [0.5, 0.6) is 0 Å². The number of rotatable bonds is 1. The molecule has 23 heavy (non-hydrogen) atoms. The minimum Gasteiger partial charge on any atom is -1.00 e. The van der Waals surface area contributed by atoms with Crippen LogP contribution >= 0.6 is 0 Å². The van der Waals surface area contributed by atoms with E-state index in [1.165, 1.54) is 27.9 Å². The molecule has 0 heterocycles. The third-order valence-electron chi connectivity index (χ3n) is 3.63. The summed E-state index contributed by atoms with van der Waals surface area (Å²) in [5.41, 5.74) is 6.67. The molecule has 0 saturated heterocycles. The van der Waals surface area contributed by atoms with E-state index in [9.17, 15) is 0 Å². The first-order chi connectivity index (χ1) is 9.56. The minimum atomic E-state index is 0. The van der Waals surface area contributed by atoms with E-state index in [1.807, 2.05) is 6.07 Å². The monoisotopic (exact) mass is 422 g/mol. The van der Waals surface area contributed by atoms with Gasteiger partial charge in [0, 0.05) is 0 Å². The van der Waals surface area contributed by atoms with Crippen molar-refractivity contribution >= 4 is 5.57 Å². The molecule has 0 N–H and O–H groups in total. The van der Waals surface area contributed by atoms with Gasteiger partial charge < -0.3 is 24.8 Å². The Morgan fingerprint density at radius 2 is 1.61 bits per heavy atom. The molecule has 3 heteroatoms. The Hall–Kier alpha value is -0.357. The molecule has 1 unspecified atom stereocenters. The first-order valence-corrected chi connectivity index (χ1v) is 7.18. The van der Waals surface area contributed by atoms with Crippen LogP contribution in [0.1, 0.15) is 39.7 Å². The molecule has 0 aliphatic heterocycles. The SMILES string of the molecule is CC1=[C-]C(C)C=C1C.CC1=[C-]CC(c2ccccc2)=C1.[Cl-].[Cl-].[Zr+4]. The van der Waals surface area contributed by atoms with E-state index in [0.29, 0.717) is 5.92 Å². The molecule has 0 radical (unpaired) electrons. The second-order valence-corrected chi connectivity index (χ2v) is 5.48. The average molecular weight is 425 g/mol. The van der Waals surface area contributed by atoms with Crippen LogP contribution in [-0.4, -0.2) is 0 Å². The zero-order valence-corrected chi connectivity index (χ0v) is 18.1. The number of hydrogen-bond acceptors (Lipinski definition) is 0. The van der Waals surface area contributed by atoms with Gasteiger partial charge in [-0.3, -0.25) is 12.2 Å². The van der Waals surface area contributed by atoms with Gasteiger partial charge in [-0.05, 0) is 5.56 Å². The largest absolute Gasteiger partial charge is 4.00 e. The zero-order valence-electron chi connectivity index (χ0n) is 14.1. The van der Waals surface area contributed by atoms with Gasteiger partial charge >= 0.3 is 26.2 Å². The Balaban J connectivity index is 0. The predicted octanol–water partition coefficient (Wildman–Crippen LogP) is -0.439. The van der Waals surface area contributed by atoms with Crippen LogP contribution < -0.4 is 24.8 Å². The maximum Gasteiger partial charge on any atom is 4.00 e. The zero-order chi connectivity index (χ0) is 14.5. The molecule has 1 aromatic carbocycles. The quantitative estimate of drug-likeness (QED) is 0.537. The topological polar surface area (TPSA) is 0 Å². The molecule has 0 aromatic heterocycles. The Morgan fingerprint density at radius 3 is 1.96 bits per heavy atom. The first-order valence-electron chi connectivity index (χ1n) is 7.18. The van der Waals surface area contributed by atoms with Crippen molar-refractivity contribution in [1.82, 2.24) is 0 Å². The summed E-state index contributed by atoms with van der Waals surface area (Å²) in [5.74, 6) is 0.551. The van der Waals surface area contributed by atoms with Gasteiger partial charge in [0.05, 0.1) is 0 Å². The maximum atomic E-state index is 3.29. The summed E-state index contributed by atoms with van der Waals surface area (Å²) in [6, 6.07) is 10.5. The number of benzene rings is 1. The van der Waals surface area contributed by atoms with E-state index in [1.54, 1.807) is 0 Å². The molecular weight excluding hydrogens is 402 g/mol. The molecular formula is C20H22Cl2Zr. The van der Waals surface area contributed by atoms with E-state index in [4.69, 9.17) is 0 Å². The average Bonchev–Trinajstić information content (AvgIpc) is 2.98. The second-order valence-electron chi connectivity index (χ2n) is 5.48. The van der Waals surface area contributed by atoms with Gasteiger partial charge in [0.2, 0.25) is 0 Å². The van der Waals surface area contributed by atoms with Crippen molar-refractivity contribution in [2.45, 2.75) is 34.1 Å². The molecule has 3 rings (SSSR count). The number of hydrogen-bond donors (Lipinski definition) is 0. The van der Waals surface area contributed by atoms with Gasteiger partial charge in [-0.2, -0.15) is 6.08 Å². The van der Waals surface area contributed by atoms with Crippen LogP contribution in [0.25, 0.3) is 5.57 Å². The van der Waals surface area contributed by atoms with Crippen molar-refractivity contribution in [1.29, 1.82) is 0 Å². The molecule has 2 aliphatic carbocycles. The normalized spacial score (nSPS) is 17.8. The summed E-state index contributed by atoms with van der Waals surface area (Å²) >= 11 is 0. The molecule has 0 nitrogen and oxygen atoms in total. The van der Waals surface area contributed by atoms with Crippen molar-refractivity contribution in [3.63, 3.8) is 0 Å². The van der Waals surface area contributed by atoms with Gasteiger partial charge in [0.25, 0.3) is 0 Å². The van der Waals surface area contributed by atoms with Crippen molar-refractivity contribution in [3.8, 4) is 0 Å². The molecule has 1 atom stereocenters. The summed E-state index contributed by atoms with van der Waals surface area (Å²) < 4.78 is 0. The molecule has 1 aromatic rings. The molecule has 2 aliphatic rings. The molecule has 0 spiro atoms. The summed E-state index contributed by atoms with van der Waals surface area (Å²) in [7, 11) is 0. The van der Waals surface area contributed by atoms with Crippen molar-refractivity contribution in [2.75, 3.05) is 0 Å². The van der Waals surface area contributed by atoms with Crippen LogP contribution in [-0.2, 0) is 26.2 Å². The smallest absolute Gasteiger partial charge is 1.00 e. The summed E-state index contributed by atoms with van der Waals surface area (Å²) in [6.07, 6.45) is 12.0. The second kappa shape index (κ2) is 12.1. The maximum absolute atomic E-state index is 3.29. The predicted molar refractivity (Wildman–Crippen MR) is 86.8 cm³/mol. The first kappa shape index (κ1) is 24.9. The van der Waals surface area contributed by atoms with Crippen molar-refractivity contribution in [3.05, 3.63) is 76.9 Å². The fourth-order valence-corrected chi connectivity index (χ4v) is 2.43. The van der Waals surface area contributed by atoms with E-state index in [0.717, 1.165) is 6.42 Å². The third kappa shape index (κ3) is 7.84. The summed E-state index contributed by atoms with van der Waals surface area (Å²) in [5, 5.41) is 0. The molecule has 120 valence electrons. The molecule has 0 amide bonds. The van der Waals surface area contributed by atoms with E-state index in [2.05, 4.69) is 76.3 Å². The van der Waals surface area contributed by atoms with Gasteiger partial charge in [-0.25, -0.2) is 22.8 Å².